The molecule has 2 heterocycles. The van der Waals surface area contributed by atoms with E-state index in [0.29, 0.717) is 0 Å². The number of rotatable bonds is 2. The number of benzene rings is 1. The molecule has 25 heavy (non-hydrogen) atoms. The summed E-state index contributed by atoms with van der Waals surface area (Å²) in [4.78, 5) is 13.3. The number of fused-ring (bicyclic) bond motifs is 1. The molecule has 0 amide bonds. The quantitative estimate of drug-likeness (QED) is 0.677. The van der Waals surface area contributed by atoms with E-state index in [9.17, 15) is 0 Å². The first-order chi connectivity index (χ1) is 12.0. The summed E-state index contributed by atoms with van der Waals surface area (Å²) in [7, 11) is 2.07. The van der Waals surface area contributed by atoms with Crippen LogP contribution in [0.3, 0.4) is 0 Å². The van der Waals surface area contributed by atoms with Crippen LogP contribution in [0, 0.1) is 20.8 Å². The molecule has 2 aromatic heterocycles. The highest BCUT2D eigenvalue weighted by atomic mass is 15.0. The van der Waals surface area contributed by atoms with E-state index in [1.165, 1.54) is 39.1 Å². The molecular weight excluding hydrogens is 308 g/mol. The Bertz CT molecular complexity index is 1000. The predicted molar refractivity (Wildman–Crippen MR) is 98.7 cm³/mol. The fourth-order valence-corrected chi connectivity index (χ4v) is 3.59. The Morgan fingerprint density at radius 2 is 1.88 bits per heavy atom. The van der Waals surface area contributed by atoms with Crippen molar-refractivity contribution in [2.75, 3.05) is 0 Å². The molecule has 4 nitrogen and oxygen atoms in total. The number of aryl methyl sites for hydroxylation is 3. The molecule has 4 rings (SSSR count). The Morgan fingerprint density at radius 3 is 2.64 bits per heavy atom. The molecule has 0 bridgehead atoms. The van der Waals surface area contributed by atoms with E-state index in [1.807, 2.05) is 12.5 Å². The smallest absolute Gasteiger partial charge is 0.261 e. The second-order valence-corrected chi connectivity index (χ2v) is 6.76. The van der Waals surface area contributed by atoms with Crippen LogP contribution in [0.25, 0.3) is 22.9 Å². The molecule has 1 aromatic carbocycles. The zero-order valence-corrected chi connectivity index (χ0v) is 15.0. The number of allylic oxidation sites excluding steroid dienone is 1. The number of hydrogen-bond acceptors (Lipinski definition) is 3. The van der Waals surface area contributed by atoms with Crippen molar-refractivity contribution in [2.24, 2.45) is 7.05 Å². The van der Waals surface area contributed by atoms with Crippen LogP contribution in [-0.2, 0) is 13.5 Å². The van der Waals surface area contributed by atoms with Gasteiger partial charge in [-0.2, -0.15) is 0 Å². The standard InChI is InChI=1S/C21H21N4/c1-13-7-14(2)15(3)17(8-13)21-18-9-16(20-11-22-5-6-23-20)10-19(18)24-12-25(21)4/h5-8,10-12H,9H2,1-4H3/q+1. The molecular formula is C21H21N4+. The van der Waals surface area contributed by atoms with Gasteiger partial charge in [-0.15, -0.1) is 0 Å². The molecule has 0 aliphatic heterocycles. The van der Waals surface area contributed by atoms with Gasteiger partial charge in [0.2, 0.25) is 0 Å². The predicted octanol–water partition coefficient (Wildman–Crippen LogP) is 3.39. The van der Waals surface area contributed by atoms with Crippen LogP contribution in [0.4, 0.5) is 0 Å². The molecule has 124 valence electrons. The molecule has 0 N–H and O–H groups in total. The Kier molecular flexibility index (Phi) is 3.68. The van der Waals surface area contributed by atoms with Crippen molar-refractivity contribution in [3.63, 3.8) is 0 Å². The first-order valence-electron chi connectivity index (χ1n) is 8.47. The van der Waals surface area contributed by atoms with Gasteiger partial charge in [-0.05, 0) is 54.6 Å². The third-order valence-electron chi connectivity index (χ3n) is 4.95. The van der Waals surface area contributed by atoms with Crippen molar-refractivity contribution >= 4 is 11.6 Å². The fraction of sp³-hybridized carbons (Fsp3) is 0.238. The molecule has 4 heteroatoms. The van der Waals surface area contributed by atoms with Gasteiger partial charge in [-0.25, -0.2) is 4.57 Å². The van der Waals surface area contributed by atoms with Crippen LogP contribution in [0.5, 0.6) is 0 Å². The van der Waals surface area contributed by atoms with Crippen molar-refractivity contribution in [2.45, 2.75) is 27.2 Å². The molecule has 1 aliphatic carbocycles. The van der Waals surface area contributed by atoms with Gasteiger partial charge in [0, 0.05) is 24.4 Å². The first-order valence-corrected chi connectivity index (χ1v) is 8.47. The third kappa shape index (κ3) is 2.64. The molecule has 3 aromatic rings. The van der Waals surface area contributed by atoms with Gasteiger partial charge in [0.25, 0.3) is 6.33 Å². The zero-order valence-electron chi connectivity index (χ0n) is 15.0. The highest BCUT2D eigenvalue weighted by molar-refractivity contribution is 5.88. The lowest BCUT2D eigenvalue weighted by molar-refractivity contribution is -0.663. The summed E-state index contributed by atoms with van der Waals surface area (Å²) in [5, 5.41) is 0. The third-order valence-corrected chi connectivity index (χ3v) is 4.95. The lowest BCUT2D eigenvalue weighted by Gasteiger charge is -2.13. The molecule has 0 saturated heterocycles. The van der Waals surface area contributed by atoms with Gasteiger partial charge < -0.3 is 0 Å². The van der Waals surface area contributed by atoms with Gasteiger partial charge in [-0.1, -0.05) is 11.6 Å². The fourth-order valence-electron chi connectivity index (χ4n) is 3.59. The van der Waals surface area contributed by atoms with Crippen LogP contribution in [0.2, 0.25) is 0 Å². The average Bonchev–Trinajstić information content (AvgIpc) is 3.03. The summed E-state index contributed by atoms with van der Waals surface area (Å²) in [5.74, 6) is 0. The van der Waals surface area contributed by atoms with Gasteiger partial charge in [0.15, 0.2) is 5.69 Å². The van der Waals surface area contributed by atoms with Crippen LogP contribution >= 0.6 is 0 Å². The summed E-state index contributed by atoms with van der Waals surface area (Å²) in [6.45, 7) is 6.53. The van der Waals surface area contributed by atoms with Crippen LogP contribution in [-0.4, -0.2) is 15.0 Å². The normalized spacial score (nSPS) is 12.9. The molecule has 0 fully saturated rings. The lowest BCUT2D eigenvalue weighted by Crippen LogP contribution is -2.33. The topological polar surface area (TPSA) is 42.5 Å². The number of hydrogen-bond donors (Lipinski definition) is 0. The first kappa shape index (κ1) is 15.6. The maximum atomic E-state index is 4.63. The Balaban J connectivity index is 1.87. The van der Waals surface area contributed by atoms with Crippen molar-refractivity contribution in [3.8, 4) is 11.3 Å². The molecule has 1 aliphatic rings. The Hall–Kier alpha value is -2.88. The van der Waals surface area contributed by atoms with E-state index >= 15 is 0 Å². The maximum absolute atomic E-state index is 4.63. The van der Waals surface area contributed by atoms with Crippen molar-refractivity contribution in [1.29, 1.82) is 0 Å². The summed E-state index contributed by atoms with van der Waals surface area (Å²) in [6, 6.07) is 4.52. The minimum absolute atomic E-state index is 0.831. The zero-order chi connectivity index (χ0) is 17.6. The molecule has 0 radical (unpaired) electrons. The minimum Gasteiger partial charge on any atom is -0.261 e. The highest BCUT2D eigenvalue weighted by Gasteiger charge is 2.28. The van der Waals surface area contributed by atoms with E-state index in [0.717, 1.165) is 17.8 Å². The van der Waals surface area contributed by atoms with Crippen molar-refractivity contribution < 1.29 is 4.57 Å². The second-order valence-electron chi connectivity index (χ2n) is 6.76. The summed E-state index contributed by atoms with van der Waals surface area (Å²) >= 11 is 0. The minimum atomic E-state index is 0.831. The van der Waals surface area contributed by atoms with Gasteiger partial charge in [-0.3, -0.25) is 9.97 Å². The average molecular weight is 329 g/mol. The van der Waals surface area contributed by atoms with E-state index in [2.05, 4.69) is 65.5 Å². The summed E-state index contributed by atoms with van der Waals surface area (Å²) in [6.07, 6.45) is 10.1. The molecule has 0 spiro atoms. The van der Waals surface area contributed by atoms with E-state index in [4.69, 9.17) is 0 Å². The van der Waals surface area contributed by atoms with Gasteiger partial charge >= 0.3 is 0 Å². The molecule has 0 unspecified atom stereocenters. The number of aromatic nitrogens is 4. The van der Waals surface area contributed by atoms with E-state index in [-0.39, 0.29) is 0 Å². The molecule has 0 saturated carbocycles. The SMILES string of the molecule is Cc1cc(C)c(C)c(-c2c3c(nc[n+]2C)C=C(c2cnccn2)C3)c1. The van der Waals surface area contributed by atoms with E-state index < -0.39 is 0 Å². The Morgan fingerprint density at radius 1 is 1.04 bits per heavy atom. The summed E-state index contributed by atoms with van der Waals surface area (Å²) in [5.41, 5.74) is 10.8. The van der Waals surface area contributed by atoms with Crippen LogP contribution in [0.1, 0.15) is 33.6 Å². The maximum Gasteiger partial charge on any atom is 0.287 e. The summed E-state index contributed by atoms with van der Waals surface area (Å²) < 4.78 is 2.13. The largest absolute Gasteiger partial charge is 0.287 e. The van der Waals surface area contributed by atoms with E-state index in [1.54, 1.807) is 12.4 Å². The van der Waals surface area contributed by atoms with Crippen molar-refractivity contribution in [3.05, 3.63) is 70.7 Å². The van der Waals surface area contributed by atoms with Gasteiger partial charge in [0.05, 0.1) is 24.5 Å². The van der Waals surface area contributed by atoms with Crippen LogP contribution < -0.4 is 4.57 Å². The monoisotopic (exact) mass is 329 g/mol. The highest BCUT2D eigenvalue weighted by Crippen LogP contribution is 2.35. The van der Waals surface area contributed by atoms with Crippen LogP contribution in [0.15, 0.2) is 37.1 Å². The molecule has 0 atom stereocenters. The van der Waals surface area contributed by atoms with Crippen molar-refractivity contribution in [1.82, 2.24) is 15.0 Å². The van der Waals surface area contributed by atoms with Gasteiger partial charge in [0.1, 0.15) is 5.69 Å². The second kappa shape index (κ2) is 5.88. The lowest BCUT2D eigenvalue weighted by atomic mass is 9.94. The Labute approximate surface area is 147 Å². The number of nitrogens with zero attached hydrogens (tertiary/aromatic N) is 4.